The third-order valence-corrected chi connectivity index (χ3v) is 3.99. The van der Waals surface area contributed by atoms with E-state index in [0.717, 1.165) is 18.6 Å². The maximum absolute atomic E-state index is 13.4. The molecule has 0 aliphatic carbocycles. The van der Waals surface area contributed by atoms with Crippen LogP contribution in [0.4, 0.5) is 8.78 Å². The first-order valence-corrected chi connectivity index (χ1v) is 6.68. The van der Waals surface area contributed by atoms with E-state index < -0.39 is 23.1 Å². The predicted octanol–water partition coefficient (Wildman–Crippen LogP) is 2.54. The summed E-state index contributed by atoms with van der Waals surface area (Å²) < 4.78 is 26.9. The Hall–Kier alpha value is -1.10. The van der Waals surface area contributed by atoms with E-state index in [1.54, 1.807) is 11.8 Å². The van der Waals surface area contributed by atoms with Crippen LogP contribution in [0.25, 0.3) is 0 Å². The standard InChI is InChI=1S/C12H13F2NOS/c1-17-8-5-6-15(7-8)12(16)11-9(13)3-2-4-10(11)14/h2-4,8H,5-7H2,1H3/t8-/m1/s1. The average molecular weight is 257 g/mol. The Labute approximate surface area is 103 Å². The molecule has 0 unspecified atom stereocenters. The Bertz CT molecular complexity index is 418. The molecular formula is C12H13F2NOS. The van der Waals surface area contributed by atoms with Crippen LogP contribution in [-0.4, -0.2) is 35.4 Å². The lowest BCUT2D eigenvalue weighted by Crippen LogP contribution is -2.30. The monoisotopic (exact) mass is 257 g/mol. The Balaban J connectivity index is 2.21. The van der Waals surface area contributed by atoms with Crippen molar-refractivity contribution < 1.29 is 13.6 Å². The molecule has 1 aromatic carbocycles. The lowest BCUT2D eigenvalue weighted by molar-refractivity contribution is 0.0783. The largest absolute Gasteiger partial charge is 0.337 e. The first kappa shape index (κ1) is 12.4. The minimum atomic E-state index is -0.789. The van der Waals surface area contributed by atoms with Crippen LogP contribution in [0.1, 0.15) is 16.8 Å². The lowest BCUT2D eigenvalue weighted by Gasteiger charge is -2.16. The highest BCUT2D eigenvalue weighted by molar-refractivity contribution is 7.99. The highest BCUT2D eigenvalue weighted by Gasteiger charge is 2.29. The fourth-order valence-electron chi connectivity index (χ4n) is 1.97. The van der Waals surface area contributed by atoms with Gasteiger partial charge in [0.05, 0.1) is 0 Å². The van der Waals surface area contributed by atoms with E-state index in [1.807, 2.05) is 6.26 Å². The van der Waals surface area contributed by atoms with Gasteiger partial charge in [-0.25, -0.2) is 8.78 Å². The number of hydrogen-bond donors (Lipinski definition) is 0. The zero-order valence-corrected chi connectivity index (χ0v) is 10.3. The number of halogens is 2. The van der Waals surface area contributed by atoms with Gasteiger partial charge >= 0.3 is 0 Å². The van der Waals surface area contributed by atoms with E-state index in [0.29, 0.717) is 18.3 Å². The van der Waals surface area contributed by atoms with Crippen molar-refractivity contribution in [3.8, 4) is 0 Å². The van der Waals surface area contributed by atoms with Crippen LogP contribution < -0.4 is 0 Å². The Kier molecular flexibility index (Phi) is 3.66. The molecule has 0 N–H and O–H groups in total. The highest BCUT2D eigenvalue weighted by Crippen LogP contribution is 2.23. The fraction of sp³-hybridized carbons (Fsp3) is 0.417. The number of carbonyl (C=O) groups excluding carboxylic acids is 1. The van der Waals surface area contributed by atoms with Gasteiger partial charge in [-0.15, -0.1) is 0 Å². The quantitative estimate of drug-likeness (QED) is 0.811. The molecule has 0 saturated carbocycles. The van der Waals surface area contributed by atoms with Crippen molar-refractivity contribution in [2.75, 3.05) is 19.3 Å². The van der Waals surface area contributed by atoms with E-state index in [9.17, 15) is 13.6 Å². The summed E-state index contributed by atoms with van der Waals surface area (Å²) in [5.41, 5.74) is -0.436. The summed E-state index contributed by atoms with van der Waals surface area (Å²) in [6.45, 7) is 1.13. The molecular weight excluding hydrogens is 244 g/mol. The molecule has 1 aromatic rings. The van der Waals surface area contributed by atoms with Gasteiger partial charge in [0.2, 0.25) is 0 Å². The number of benzene rings is 1. The summed E-state index contributed by atoms with van der Waals surface area (Å²) in [5, 5.41) is 0.369. The van der Waals surface area contributed by atoms with Gasteiger partial charge in [0.1, 0.15) is 17.2 Å². The molecule has 1 amide bonds. The molecule has 2 nitrogen and oxygen atoms in total. The van der Waals surface area contributed by atoms with E-state index in [4.69, 9.17) is 0 Å². The van der Waals surface area contributed by atoms with Gasteiger partial charge < -0.3 is 4.90 Å². The number of hydrogen-bond acceptors (Lipinski definition) is 2. The van der Waals surface area contributed by atoms with Crippen LogP contribution in [0.2, 0.25) is 0 Å². The minimum absolute atomic E-state index is 0.369. The topological polar surface area (TPSA) is 20.3 Å². The first-order chi connectivity index (χ1) is 8.13. The van der Waals surface area contributed by atoms with Gasteiger partial charge in [-0.1, -0.05) is 6.07 Å². The van der Waals surface area contributed by atoms with E-state index >= 15 is 0 Å². The molecule has 0 radical (unpaired) electrons. The Morgan fingerprint density at radius 2 is 2.06 bits per heavy atom. The maximum Gasteiger partial charge on any atom is 0.259 e. The molecule has 1 aliphatic rings. The molecule has 0 bridgehead atoms. The number of nitrogens with zero attached hydrogens (tertiary/aromatic N) is 1. The van der Waals surface area contributed by atoms with Gasteiger partial charge in [-0.2, -0.15) is 11.8 Å². The number of rotatable bonds is 2. The minimum Gasteiger partial charge on any atom is -0.337 e. The second kappa shape index (κ2) is 5.04. The Morgan fingerprint density at radius 1 is 1.41 bits per heavy atom. The van der Waals surface area contributed by atoms with Crippen molar-refractivity contribution in [1.29, 1.82) is 0 Å². The third-order valence-electron chi connectivity index (χ3n) is 2.94. The van der Waals surface area contributed by atoms with Crippen molar-refractivity contribution in [2.45, 2.75) is 11.7 Å². The number of likely N-dealkylation sites (tertiary alicyclic amines) is 1. The molecule has 1 aliphatic heterocycles. The van der Waals surface area contributed by atoms with Crippen LogP contribution >= 0.6 is 11.8 Å². The summed E-state index contributed by atoms with van der Waals surface area (Å²) in [6, 6.07) is 3.48. The van der Waals surface area contributed by atoms with Crippen molar-refractivity contribution >= 4 is 17.7 Å². The van der Waals surface area contributed by atoms with Crippen LogP contribution in [0.3, 0.4) is 0 Å². The summed E-state index contributed by atoms with van der Waals surface area (Å²) >= 11 is 1.68. The van der Waals surface area contributed by atoms with Crippen LogP contribution in [0, 0.1) is 11.6 Å². The fourth-order valence-corrected chi connectivity index (χ4v) is 2.64. The average Bonchev–Trinajstić information content (AvgIpc) is 2.77. The van der Waals surface area contributed by atoms with Crippen molar-refractivity contribution in [1.82, 2.24) is 4.90 Å². The summed E-state index contributed by atoms with van der Waals surface area (Å²) in [6.07, 6.45) is 2.85. The zero-order valence-electron chi connectivity index (χ0n) is 9.45. The molecule has 1 heterocycles. The molecule has 1 saturated heterocycles. The van der Waals surface area contributed by atoms with E-state index in [-0.39, 0.29) is 0 Å². The van der Waals surface area contributed by atoms with Crippen molar-refractivity contribution in [2.24, 2.45) is 0 Å². The molecule has 2 rings (SSSR count). The molecule has 92 valence electrons. The maximum atomic E-state index is 13.4. The molecule has 1 atom stereocenters. The zero-order chi connectivity index (χ0) is 12.4. The lowest BCUT2D eigenvalue weighted by atomic mass is 10.1. The van der Waals surface area contributed by atoms with Crippen LogP contribution in [0.15, 0.2) is 18.2 Å². The molecule has 0 spiro atoms. The normalized spacial score (nSPS) is 19.7. The second-order valence-corrected chi connectivity index (χ2v) is 5.13. The smallest absolute Gasteiger partial charge is 0.259 e. The highest BCUT2D eigenvalue weighted by atomic mass is 32.2. The van der Waals surface area contributed by atoms with Gasteiger partial charge in [-0.3, -0.25) is 4.79 Å². The molecule has 17 heavy (non-hydrogen) atoms. The third kappa shape index (κ3) is 2.44. The van der Waals surface area contributed by atoms with Crippen LogP contribution in [-0.2, 0) is 0 Å². The van der Waals surface area contributed by atoms with E-state index in [1.165, 1.54) is 11.0 Å². The van der Waals surface area contributed by atoms with E-state index in [2.05, 4.69) is 0 Å². The predicted molar refractivity (Wildman–Crippen MR) is 64.2 cm³/mol. The number of carbonyl (C=O) groups is 1. The summed E-state index contributed by atoms with van der Waals surface area (Å²) in [4.78, 5) is 13.5. The Morgan fingerprint density at radius 3 is 2.59 bits per heavy atom. The second-order valence-electron chi connectivity index (χ2n) is 3.99. The summed E-state index contributed by atoms with van der Waals surface area (Å²) in [7, 11) is 0. The molecule has 5 heteroatoms. The first-order valence-electron chi connectivity index (χ1n) is 5.39. The van der Waals surface area contributed by atoms with Gasteiger partial charge in [0.25, 0.3) is 5.91 Å². The van der Waals surface area contributed by atoms with Crippen molar-refractivity contribution in [3.05, 3.63) is 35.4 Å². The molecule has 0 aromatic heterocycles. The summed E-state index contributed by atoms with van der Waals surface area (Å²) in [5.74, 6) is -2.12. The van der Waals surface area contributed by atoms with Gasteiger partial charge in [-0.05, 0) is 24.8 Å². The van der Waals surface area contributed by atoms with Gasteiger partial charge in [0.15, 0.2) is 0 Å². The van der Waals surface area contributed by atoms with Crippen molar-refractivity contribution in [3.63, 3.8) is 0 Å². The van der Waals surface area contributed by atoms with Crippen LogP contribution in [0.5, 0.6) is 0 Å². The van der Waals surface area contributed by atoms with Gasteiger partial charge in [0, 0.05) is 18.3 Å². The number of amides is 1. The molecule has 1 fully saturated rings. The number of thioether (sulfide) groups is 1. The SMILES string of the molecule is CS[C@@H]1CCN(C(=O)c2c(F)cccc2F)C1.